The molecule has 1 aromatic heterocycles. The molecule has 1 aliphatic rings. The summed E-state index contributed by atoms with van der Waals surface area (Å²) >= 11 is 0. The molecule has 3 aromatic rings. The van der Waals surface area contributed by atoms with Gasteiger partial charge in [0.15, 0.2) is 0 Å². The smallest absolute Gasteiger partial charge is 0.223 e. The molecule has 0 saturated carbocycles. The summed E-state index contributed by atoms with van der Waals surface area (Å²) in [6, 6.07) is 16.3. The first kappa shape index (κ1) is 19.5. The third kappa shape index (κ3) is 4.00. The van der Waals surface area contributed by atoms with Gasteiger partial charge in [0.05, 0.1) is 17.6 Å². The van der Waals surface area contributed by atoms with Gasteiger partial charge in [-0.2, -0.15) is 0 Å². The van der Waals surface area contributed by atoms with Gasteiger partial charge < -0.3 is 14.2 Å². The first-order valence-corrected chi connectivity index (χ1v) is 10.3. The van der Waals surface area contributed by atoms with Crippen molar-refractivity contribution in [3.05, 3.63) is 59.9 Å². The molecular weight excluding hydrogens is 362 g/mol. The molecule has 152 valence electrons. The molecule has 4 rings (SSSR count). The predicted octanol–water partition coefficient (Wildman–Crippen LogP) is 4.54. The largest absolute Gasteiger partial charge is 0.492 e. The molecule has 0 aliphatic carbocycles. The summed E-state index contributed by atoms with van der Waals surface area (Å²) in [5, 5.41) is 0. The summed E-state index contributed by atoms with van der Waals surface area (Å²) in [7, 11) is 0. The number of benzene rings is 2. The minimum Gasteiger partial charge on any atom is -0.492 e. The van der Waals surface area contributed by atoms with E-state index in [-0.39, 0.29) is 17.4 Å². The number of para-hydroxylation sites is 2. The second kappa shape index (κ2) is 7.54. The molecule has 1 atom stereocenters. The molecular formula is C24H29N3O2. The Kier molecular flexibility index (Phi) is 5.07. The minimum absolute atomic E-state index is 0.105. The van der Waals surface area contributed by atoms with Gasteiger partial charge in [-0.3, -0.25) is 4.79 Å². The maximum absolute atomic E-state index is 12.6. The fraction of sp³-hybridized carbons (Fsp3) is 0.417. The van der Waals surface area contributed by atoms with Crippen LogP contribution in [0.25, 0.3) is 11.0 Å². The van der Waals surface area contributed by atoms with E-state index in [1.807, 2.05) is 35.2 Å². The number of aryl methyl sites for hydroxylation is 1. The average molecular weight is 392 g/mol. The van der Waals surface area contributed by atoms with Gasteiger partial charge in [0.2, 0.25) is 5.91 Å². The first-order chi connectivity index (χ1) is 13.8. The Morgan fingerprint density at radius 1 is 1.10 bits per heavy atom. The number of likely N-dealkylation sites (tertiary alicyclic amines) is 1. The van der Waals surface area contributed by atoms with E-state index in [0.29, 0.717) is 26.1 Å². The van der Waals surface area contributed by atoms with Crippen LogP contribution in [0.1, 0.15) is 44.5 Å². The van der Waals surface area contributed by atoms with E-state index in [2.05, 4.69) is 50.5 Å². The highest BCUT2D eigenvalue weighted by molar-refractivity contribution is 5.81. The highest BCUT2D eigenvalue weighted by Gasteiger charge is 2.38. The molecule has 1 fully saturated rings. The zero-order valence-corrected chi connectivity index (χ0v) is 17.7. The van der Waals surface area contributed by atoms with Crippen molar-refractivity contribution in [3.8, 4) is 5.75 Å². The number of nitrogens with zero attached hydrogens (tertiary/aromatic N) is 3. The van der Waals surface area contributed by atoms with Crippen LogP contribution >= 0.6 is 0 Å². The molecule has 0 N–H and O–H groups in total. The van der Waals surface area contributed by atoms with Crippen LogP contribution in [0.2, 0.25) is 0 Å². The van der Waals surface area contributed by atoms with E-state index in [0.717, 1.165) is 22.6 Å². The van der Waals surface area contributed by atoms with Crippen molar-refractivity contribution in [1.29, 1.82) is 0 Å². The van der Waals surface area contributed by atoms with Crippen molar-refractivity contribution in [2.45, 2.75) is 52.1 Å². The van der Waals surface area contributed by atoms with Crippen LogP contribution in [0.4, 0.5) is 0 Å². The maximum Gasteiger partial charge on any atom is 0.223 e. The average Bonchev–Trinajstić information content (AvgIpc) is 3.24. The monoisotopic (exact) mass is 391 g/mol. The zero-order chi connectivity index (χ0) is 20.6. The van der Waals surface area contributed by atoms with Crippen molar-refractivity contribution in [1.82, 2.24) is 14.5 Å². The summed E-state index contributed by atoms with van der Waals surface area (Å²) in [6.45, 7) is 10.3. The Labute approximate surface area is 172 Å². The van der Waals surface area contributed by atoms with Crippen molar-refractivity contribution in [3.63, 3.8) is 0 Å². The molecule has 1 aliphatic heterocycles. The lowest BCUT2D eigenvalue weighted by molar-refractivity contribution is -0.131. The Morgan fingerprint density at radius 3 is 2.52 bits per heavy atom. The molecule has 0 unspecified atom stereocenters. The molecule has 0 radical (unpaired) electrons. The summed E-state index contributed by atoms with van der Waals surface area (Å²) in [4.78, 5) is 19.5. The quantitative estimate of drug-likeness (QED) is 0.642. The fourth-order valence-electron chi connectivity index (χ4n) is 4.06. The lowest BCUT2D eigenvalue weighted by Crippen LogP contribution is -2.42. The number of ether oxygens (including phenoxy) is 1. The van der Waals surface area contributed by atoms with Crippen LogP contribution in [0.5, 0.6) is 5.75 Å². The number of aromatic nitrogens is 2. The van der Waals surface area contributed by atoms with Crippen molar-refractivity contribution < 1.29 is 9.53 Å². The molecule has 0 bridgehead atoms. The number of rotatable bonds is 5. The van der Waals surface area contributed by atoms with Gasteiger partial charge >= 0.3 is 0 Å². The molecule has 5 heteroatoms. The van der Waals surface area contributed by atoms with Crippen molar-refractivity contribution in [2.24, 2.45) is 0 Å². The van der Waals surface area contributed by atoms with E-state index < -0.39 is 0 Å². The Hall–Kier alpha value is -2.82. The highest BCUT2D eigenvalue weighted by Crippen LogP contribution is 2.33. The molecule has 2 aromatic carbocycles. The van der Waals surface area contributed by atoms with Gasteiger partial charge in [0.25, 0.3) is 0 Å². The van der Waals surface area contributed by atoms with Gasteiger partial charge in [0.1, 0.15) is 18.2 Å². The van der Waals surface area contributed by atoms with E-state index in [1.165, 1.54) is 5.56 Å². The van der Waals surface area contributed by atoms with Gasteiger partial charge in [0, 0.05) is 24.4 Å². The zero-order valence-electron chi connectivity index (χ0n) is 17.7. The number of amides is 1. The highest BCUT2D eigenvalue weighted by atomic mass is 16.5. The topological polar surface area (TPSA) is 47.4 Å². The number of hydrogen-bond acceptors (Lipinski definition) is 3. The van der Waals surface area contributed by atoms with Crippen LogP contribution in [0.15, 0.2) is 48.5 Å². The predicted molar refractivity (Wildman–Crippen MR) is 115 cm³/mol. The number of fused-ring (bicyclic) bond motifs is 1. The number of carbonyl (C=O) groups is 1. The Balaban J connectivity index is 1.58. The van der Waals surface area contributed by atoms with E-state index in [4.69, 9.17) is 9.72 Å². The molecule has 1 amide bonds. The number of carbonyl (C=O) groups excluding carboxylic acids is 1. The maximum atomic E-state index is 12.6. The summed E-state index contributed by atoms with van der Waals surface area (Å²) in [6.07, 6.45) is 0.513. The van der Waals surface area contributed by atoms with Crippen LogP contribution in [0, 0.1) is 6.92 Å². The molecule has 0 spiro atoms. The fourth-order valence-corrected chi connectivity index (χ4v) is 4.06. The summed E-state index contributed by atoms with van der Waals surface area (Å²) < 4.78 is 8.20. The van der Waals surface area contributed by atoms with Gasteiger partial charge in [-0.05, 0) is 52.0 Å². The van der Waals surface area contributed by atoms with Gasteiger partial charge in [-0.25, -0.2) is 4.98 Å². The molecule has 29 heavy (non-hydrogen) atoms. The second-order valence-corrected chi connectivity index (χ2v) is 8.85. The lowest BCUT2D eigenvalue weighted by Gasteiger charge is -2.32. The van der Waals surface area contributed by atoms with Gasteiger partial charge in [-0.15, -0.1) is 0 Å². The van der Waals surface area contributed by atoms with E-state index in [9.17, 15) is 4.79 Å². The SMILES string of the molecule is Cc1ccc(OCCn2c([C@H]3CC(=O)N(C(C)(C)C)C3)nc3ccccc32)cc1. The van der Waals surface area contributed by atoms with E-state index in [1.54, 1.807) is 0 Å². The van der Waals surface area contributed by atoms with Crippen LogP contribution in [0.3, 0.4) is 0 Å². The van der Waals surface area contributed by atoms with Crippen LogP contribution in [-0.2, 0) is 11.3 Å². The molecule has 5 nitrogen and oxygen atoms in total. The molecule has 1 saturated heterocycles. The summed E-state index contributed by atoms with van der Waals surface area (Å²) in [5.74, 6) is 2.17. The normalized spacial score (nSPS) is 17.3. The van der Waals surface area contributed by atoms with Crippen molar-refractivity contribution in [2.75, 3.05) is 13.2 Å². The van der Waals surface area contributed by atoms with Crippen molar-refractivity contribution >= 4 is 16.9 Å². The standard InChI is InChI=1S/C24H29N3O2/c1-17-9-11-19(12-10-17)29-14-13-26-21-8-6-5-7-20(21)25-23(26)18-15-22(28)27(16-18)24(2,3)4/h5-12,18H,13-16H2,1-4H3/t18-/m0/s1. The first-order valence-electron chi connectivity index (χ1n) is 10.3. The second-order valence-electron chi connectivity index (χ2n) is 8.85. The minimum atomic E-state index is -0.169. The lowest BCUT2D eigenvalue weighted by atomic mass is 10.1. The third-order valence-electron chi connectivity index (χ3n) is 5.59. The van der Waals surface area contributed by atoms with Crippen LogP contribution in [-0.4, -0.2) is 39.0 Å². The van der Waals surface area contributed by atoms with Gasteiger partial charge in [-0.1, -0.05) is 29.8 Å². The van der Waals surface area contributed by atoms with E-state index >= 15 is 0 Å². The summed E-state index contributed by atoms with van der Waals surface area (Å²) in [5.41, 5.74) is 3.11. The van der Waals surface area contributed by atoms with Crippen LogP contribution < -0.4 is 4.74 Å². The number of hydrogen-bond donors (Lipinski definition) is 0. The third-order valence-corrected chi connectivity index (χ3v) is 5.59. The Bertz CT molecular complexity index is 1010. The Morgan fingerprint density at radius 2 is 1.83 bits per heavy atom. The molecule has 2 heterocycles. The number of imidazole rings is 1.